The third-order valence-electron chi connectivity index (χ3n) is 7.24. The minimum Gasteiger partial charge on any atom is -0.507 e. The summed E-state index contributed by atoms with van der Waals surface area (Å²) in [5, 5.41) is 11.7. The molecule has 204 valence electrons. The molecule has 1 heterocycles. The largest absolute Gasteiger partial charge is 0.507 e. The number of nitrogens with zero attached hydrogens (tertiary/aromatic N) is 1. The Bertz CT molecular complexity index is 1400. The number of aliphatic hydroxyl groups is 1. The fourth-order valence-corrected chi connectivity index (χ4v) is 5.07. The highest BCUT2D eigenvalue weighted by Crippen LogP contribution is 2.44. The van der Waals surface area contributed by atoms with E-state index in [1.807, 2.05) is 88.4 Å². The molecule has 0 saturated carbocycles. The number of aryl methyl sites for hydroxylation is 1. The van der Waals surface area contributed by atoms with Gasteiger partial charge >= 0.3 is 0 Å². The van der Waals surface area contributed by atoms with Gasteiger partial charge in [-0.05, 0) is 84.3 Å². The quantitative estimate of drug-likeness (QED) is 0.189. The van der Waals surface area contributed by atoms with Crippen molar-refractivity contribution in [2.24, 2.45) is 0 Å². The van der Waals surface area contributed by atoms with Crippen molar-refractivity contribution in [3.05, 3.63) is 94.1 Å². The first-order valence-electron chi connectivity index (χ1n) is 13.4. The number of ketones is 1. The van der Waals surface area contributed by atoms with Gasteiger partial charge in [-0.15, -0.1) is 0 Å². The fourth-order valence-electron chi connectivity index (χ4n) is 5.07. The van der Waals surface area contributed by atoms with E-state index in [-0.39, 0.29) is 17.3 Å². The topological polar surface area (TPSA) is 76.1 Å². The van der Waals surface area contributed by atoms with Gasteiger partial charge in [-0.2, -0.15) is 0 Å². The molecule has 0 spiro atoms. The van der Waals surface area contributed by atoms with E-state index in [9.17, 15) is 14.7 Å². The number of anilines is 1. The fraction of sp³-hybridized carbons (Fsp3) is 0.333. The summed E-state index contributed by atoms with van der Waals surface area (Å²) in [5.41, 5.74) is 4.62. The minimum absolute atomic E-state index is 0.0556. The molecule has 1 amide bonds. The number of benzene rings is 3. The van der Waals surface area contributed by atoms with Gasteiger partial charge in [0.1, 0.15) is 17.3 Å². The summed E-state index contributed by atoms with van der Waals surface area (Å²) in [6.07, 6.45) is 0. The highest BCUT2D eigenvalue weighted by Gasteiger charge is 2.47. The Balaban J connectivity index is 1.94. The molecule has 6 nitrogen and oxygen atoms in total. The molecular weight excluding hydrogens is 490 g/mol. The molecular formula is C33H37NO5. The highest BCUT2D eigenvalue weighted by atomic mass is 16.5. The van der Waals surface area contributed by atoms with Crippen molar-refractivity contribution in [1.82, 2.24) is 0 Å². The molecule has 1 saturated heterocycles. The number of hydrogen-bond donors (Lipinski definition) is 1. The zero-order valence-corrected chi connectivity index (χ0v) is 23.7. The molecule has 4 rings (SSSR count). The number of ether oxygens (including phenoxy) is 2. The number of amides is 1. The standard InChI is InChI=1S/C33H37NO5/c1-8-39-25-15-11-23(12-16-25)30-29(31(35)27-18-26(20(4)5)28(38-7)17-21(27)6)32(36)33(37)34(30)24-13-9-22(10-14-24)19(2)3/h9-20,30,35H,8H2,1-7H3/b31-29+. The van der Waals surface area contributed by atoms with Crippen LogP contribution in [0.15, 0.2) is 66.2 Å². The lowest BCUT2D eigenvalue weighted by Crippen LogP contribution is -2.29. The molecule has 0 aliphatic carbocycles. The van der Waals surface area contributed by atoms with Crippen molar-refractivity contribution < 1.29 is 24.2 Å². The molecule has 0 aromatic heterocycles. The van der Waals surface area contributed by atoms with Gasteiger partial charge in [0.2, 0.25) is 0 Å². The zero-order valence-electron chi connectivity index (χ0n) is 23.7. The Labute approximate surface area is 230 Å². The number of rotatable bonds is 8. The number of methoxy groups -OCH3 is 1. The second-order valence-electron chi connectivity index (χ2n) is 10.5. The van der Waals surface area contributed by atoms with Crippen LogP contribution in [0, 0.1) is 6.92 Å². The molecule has 1 aliphatic rings. The first kappa shape index (κ1) is 28.0. The monoisotopic (exact) mass is 527 g/mol. The molecule has 0 bridgehead atoms. The van der Waals surface area contributed by atoms with Crippen LogP contribution in [0.3, 0.4) is 0 Å². The molecule has 1 aliphatic heterocycles. The lowest BCUT2D eigenvalue weighted by atomic mass is 9.91. The smallest absolute Gasteiger partial charge is 0.300 e. The Morgan fingerprint density at radius 3 is 2.13 bits per heavy atom. The number of aliphatic hydroxyl groups excluding tert-OH is 1. The van der Waals surface area contributed by atoms with Gasteiger partial charge in [-0.25, -0.2) is 0 Å². The number of Topliss-reactive ketones (excluding diaryl/α,β-unsaturated/α-hetero) is 1. The van der Waals surface area contributed by atoms with Crippen molar-refractivity contribution in [2.45, 2.75) is 59.4 Å². The third-order valence-corrected chi connectivity index (χ3v) is 7.24. The van der Waals surface area contributed by atoms with Crippen molar-refractivity contribution in [3.8, 4) is 11.5 Å². The predicted molar refractivity (Wildman–Crippen MR) is 155 cm³/mol. The normalized spacial score (nSPS) is 16.8. The van der Waals surface area contributed by atoms with E-state index in [0.717, 1.165) is 16.7 Å². The van der Waals surface area contributed by atoms with E-state index in [0.29, 0.717) is 40.8 Å². The molecule has 1 N–H and O–H groups in total. The highest BCUT2D eigenvalue weighted by molar-refractivity contribution is 6.51. The second-order valence-corrected chi connectivity index (χ2v) is 10.5. The minimum atomic E-state index is -0.811. The van der Waals surface area contributed by atoms with E-state index in [1.165, 1.54) is 4.90 Å². The average Bonchev–Trinajstić information content (AvgIpc) is 3.18. The Morgan fingerprint density at radius 1 is 0.949 bits per heavy atom. The maximum atomic E-state index is 13.6. The molecule has 3 aromatic carbocycles. The lowest BCUT2D eigenvalue weighted by Gasteiger charge is -2.26. The third kappa shape index (κ3) is 5.29. The van der Waals surface area contributed by atoms with Crippen LogP contribution in [0.1, 0.15) is 80.3 Å². The average molecular weight is 528 g/mol. The maximum Gasteiger partial charge on any atom is 0.300 e. The molecule has 1 atom stereocenters. The van der Waals surface area contributed by atoms with Crippen molar-refractivity contribution in [2.75, 3.05) is 18.6 Å². The summed E-state index contributed by atoms with van der Waals surface area (Å²) in [7, 11) is 1.61. The van der Waals surface area contributed by atoms with Crippen LogP contribution in [0.4, 0.5) is 5.69 Å². The van der Waals surface area contributed by atoms with Crippen LogP contribution < -0.4 is 14.4 Å². The molecule has 0 radical (unpaired) electrons. The van der Waals surface area contributed by atoms with Gasteiger partial charge in [0.15, 0.2) is 0 Å². The van der Waals surface area contributed by atoms with Crippen LogP contribution in [-0.2, 0) is 9.59 Å². The van der Waals surface area contributed by atoms with Crippen LogP contribution >= 0.6 is 0 Å². The predicted octanol–water partition coefficient (Wildman–Crippen LogP) is 7.28. The molecule has 6 heteroatoms. The van der Waals surface area contributed by atoms with Crippen LogP contribution in [0.25, 0.3) is 5.76 Å². The summed E-state index contributed by atoms with van der Waals surface area (Å²) in [5.74, 6) is 0.250. The summed E-state index contributed by atoms with van der Waals surface area (Å²) >= 11 is 0. The van der Waals surface area contributed by atoms with E-state index < -0.39 is 17.7 Å². The summed E-state index contributed by atoms with van der Waals surface area (Å²) in [6, 6.07) is 17.9. The van der Waals surface area contributed by atoms with Crippen molar-refractivity contribution >= 4 is 23.1 Å². The zero-order chi connectivity index (χ0) is 28.4. The lowest BCUT2D eigenvalue weighted by molar-refractivity contribution is -0.132. The number of hydrogen-bond acceptors (Lipinski definition) is 5. The van der Waals surface area contributed by atoms with Crippen molar-refractivity contribution in [1.29, 1.82) is 0 Å². The van der Waals surface area contributed by atoms with Gasteiger partial charge in [0.05, 0.1) is 25.3 Å². The second kappa shape index (κ2) is 11.4. The SMILES string of the molecule is CCOc1ccc(C2/C(=C(\O)c3cc(C(C)C)c(OC)cc3C)C(=O)C(=O)N2c2ccc(C(C)C)cc2)cc1. The molecule has 1 unspecified atom stereocenters. The first-order valence-corrected chi connectivity index (χ1v) is 13.4. The van der Waals surface area contributed by atoms with Gasteiger partial charge < -0.3 is 14.6 Å². The van der Waals surface area contributed by atoms with Crippen LogP contribution in [0.5, 0.6) is 11.5 Å². The Hall–Kier alpha value is -4.06. The van der Waals surface area contributed by atoms with Crippen LogP contribution in [0.2, 0.25) is 0 Å². The van der Waals surface area contributed by atoms with Gasteiger partial charge in [0.25, 0.3) is 11.7 Å². The molecule has 1 fully saturated rings. The summed E-state index contributed by atoms with van der Waals surface area (Å²) in [4.78, 5) is 28.7. The van der Waals surface area contributed by atoms with Gasteiger partial charge in [-0.1, -0.05) is 52.0 Å². The summed E-state index contributed by atoms with van der Waals surface area (Å²) in [6.45, 7) is 12.6. The summed E-state index contributed by atoms with van der Waals surface area (Å²) < 4.78 is 11.2. The number of carbonyl (C=O) groups is 2. The first-order chi connectivity index (χ1) is 18.6. The van der Waals surface area contributed by atoms with E-state index in [1.54, 1.807) is 7.11 Å². The van der Waals surface area contributed by atoms with Gasteiger partial charge in [-0.3, -0.25) is 14.5 Å². The Kier molecular flexibility index (Phi) is 8.14. The molecule has 39 heavy (non-hydrogen) atoms. The van der Waals surface area contributed by atoms with Crippen LogP contribution in [-0.4, -0.2) is 30.5 Å². The van der Waals surface area contributed by atoms with E-state index >= 15 is 0 Å². The van der Waals surface area contributed by atoms with Gasteiger partial charge in [0, 0.05) is 11.3 Å². The number of carbonyl (C=O) groups excluding carboxylic acids is 2. The molecule has 3 aromatic rings. The van der Waals surface area contributed by atoms with Crippen molar-refractivity contribution in [3.63, 3.8) is 0 Å². The van der Waals surface area contributed by atoms with E-state index in [4.69, 9.17) is 9.47 Å². The Morgan fingerprint density at radius 2 is 1.59 bits per heavy atom. The van der Waals surface area contributed by atoms with E-state index in [2.05, 4.69) is 13.8 Å². The maximum absolute atomic E-state index is 13.6.